The lowest BCUT2D eigenvalue weighted by molar-refractivity contribution is 0.104. The summed E-state index contributed by atoms with van der Waals surface area (Å²) in [6.07, 6.45) is 6.21. The summed E-state index contributed by atoms with van der Waals surface area (Å²) in [5, 5.41) is 0. The zero-order chi connectivity index (χ0) is 17.9. The minimum Gasteiger partial charge on any atom is -0.289 e. The molecule has 0 amide bonds. The molecule has 1 saturated heterocycles. The van der Waals surface area contributed by atoms with Crippen LogP contribution < -0.4 is 0 Å². The standard InChI is InChI=1S/C19H21NO3S2/c1-15-5-8-17(24-15)9-12-19(21)16-6-10-18(11-7-16)25(22,23)20-13-3-2-4-14-20/h5-12H,2-4,13-14H2,1H3/b12-9+. The van der Waals surface area contributed by atoms with Gasteiger partial charge in [0.05, 0.1) is 4.90 Å². The van der Waals surface area contributed by atoms with E-state index < -0.39 is 10.0 Å². The monoisotopic (exact) mass is 375 g/mol. The van der Waals surface area contributed by atoms with Gasteiger partial charge >= 0.3 is 0 Å². The Morgan fingerprint density at radius 1 is 1.04 bits per heavy atom. The average molecular weight is 376 g/mol. The fraction of sp³-hybridized carbons (Fsp3) is 0.316. The topological polar surface area (TPSA) is 54.5 Å². The molecule has 1 aromatic heterocycles. The van der Waals surface area contributed by atoms with Crippen molar-refractivity contribution in [1.82, 2.24) is 4.31 Å². The normalized spacial score (nSPS) is 16.4. The molecule has 25 heavy (non-hydrogen) atoms. The highest BCUT2D eigenvalue weighted by molar-refractivity contribution is 7.89. The Morgan fingerprint density at radius 3 is 2.32 bits per heavy atom. The molecule has 1 aliphatic heterocycles. The zero-order valence-corrected chi connectivity index (χ0v) is 15.8. The van der Waals surface area contributed by atoms with Gasteiger partial charge in [-0.1, -0.05) is 6.42 Å². The first-order valence-electron chi connectivity index (χ1n) is 8.36. The quantitative estimate of drug-likeness (QED) is 0.583. The Hall–Kier alpha value is -1.76. The van der Waals surface area contributed by atoms with Crippen LogP contribution in [0.2, 0.25) is 0 Å². The van der Waals surface area contributed by atoms with E-state index in [1.165, 1.54) is 27.4 Å². The molecular weight excluding hydrogens is 354 g/mol. The molecule has 1 aromatic carbocycles. The minimum absolute atomic E-state index is 0.132. The molecule has 6 heteroatoms. The Balaban J connectivity index is 1.73. The Morgan fingerprint density at radius 2 is 1.72 bits per heavy atom. The number of benzene rings is 1. The molecule has 0 aliphatic carbocycles. The highest BCUT2D eigenvalue weighted by Gasteiger charge is 2.25. The molecule has 1 aliphatic rings. The van der Waals surface area contributed by atoms with Gasteiger partial charge in [0.15, 0.2) is 5.78 Å². The van der Waals surface area contributed by atoms with Gasteiger partial charge in [0.25, 0.3) is 0 Å². The number of carbonyl (C=O) groups excluding carboxylic acids is 1. The summed E-state index contributed by atoms with van der Waals surface area (Å²) in [4.78, 5) is 14.7. The van der Waals surface area contributed by atoms with Crippen molar-refractivity contribution in [1.29, 1.82) is 0 Å². The maximum absolute atomic E-state index is 12.6. The lowest BCUT2D eigenvalue weighted by Crippen LogP contribution is -2.35. The number of carbonyl (C=O) groups is 1. The lowest BCUT2D eigenvalue weighted by Gasteiger charge is -2.25. The number of ketones is 1. The van der Waals surface area contributed by atoms with Crippen molar-refractivity contribution >= 4 is 33.2 Å². The number of hydrogen-bond donors (Lipinski definition) is 0. The van der Waals surface area contributed by atoms with E-state index in [1.54, 1.807) is 29.5 Å². The first-order chi connectivity index (χ1) is 12.0. The highest BCUT2D eigenvalue weighted by atomic mass is 32.2. The number of sulfonamides is 1. The molecule has 0 radical (unpaired) electrons. The van der Waals surface area contributed by atoms with Gasteiger partial charge < -0.3 is 0 Å². The van der Waals surface area contributed by atoms with Crippen molar-refractivity contribution in [2.45, 2.75) is 31.1 Å². The Bertz CT molecular complexity index is 874. The van der Waals surface area contributed by atoms with Gasteiger partial charge in [-0.25, -0.2) is 8.42 Å². The number of nitrogens with zero attached hydrogens (tertiary/aromatic N) is 1. The Labute approximate surface area is 152 Å². The van der Waals surface area contributed by atoms with E-state index in [4.69, 9.17) is 0 Å². The van der Waals surface area contributed by atoms with Gasteiger partial charge in [0, 0.05) is 28.4 Å². The molecule has 2 heterocycles. The molecule has 0 N–H and O–H groups in total. The van der Waals surface area contributed by atoms with Crippen LogP contribution in [0.3, 0.4) is 0 Å². The highest BCUT2D eigenvalue weighted by Crippen LogP contribution is 2.21. The van der Waals surface area contributed by atoms with Crippen molar-refractivity contribution in [3.05, 3.63) is 57.8 Å². The van der Waals surface area contributed by atoms with Crippen LogP contribution in [0, 0.1) is 6.92 Å². The van der Waals surface area contributed by atoms with Crippen molar-refractivity contribution in [2.24, 2.45) is 0 Å². The first kappa shape index (κ1) is 18.0. The van der Waals surface area contributed by atoms with Crippen LogP contribution >= 0.6 is 11.3 Å². The second kappa shape index (κ2) is 7.64. The fourth-order valence-corrected chi connectivity index (χ4v) is 5.14. The summed E-state index contributed by atoms with van der Waals surface area (Å²) in [5.41, 5.74) is 0.488. The van der Waals surface area contributed by atoms with E-state index in [0.717, 1.165) is 24.1 Å². The van der Waals surface area contributed by atoms with Crippen molar-refractivity contribution in [3.63, 3.8) is 0 Å². The number of thiophene rings is 1. The number of rotatable bonds is 5. The average Bonchev–Trinajstić information content (AvgIpc) is 3.06. The molecular formula is C19H21NO3S2. The molecule has 3 rings (SSSR count). The van der Waals surface area contributed by atoms with Crippen LogP contribution in [0.15, 0.2) is 47.4 Å². The van der Waals surface area contributed by atoms with Crippen molar-refractivity contribution < 1.29 is 13.2 Å². The van der Waals surface area contributed by atoms with Crippen molar-refractivity contribution in [3.8, 4) is 0 Å². The molecule has 0 atom stereocenters. The van der Waals surface area contributed by atoms with E-state index in [-0.39, 0.29) is 10.7 Å². The van der Waals surface area contributed by atoms with E-state index >= 15 is 0 Å². The third kappa shape index (κ3) is 4.26. The predicted molar refractivity (Wildman–Crippen MR) is 101 cm³/mol. The third-order valence-corrected chi connectivity index (χ3v) is 7.13. The second-order valence-corrected chi connectivity index (χ2v) is 9.39. The maximum Gasteiger partial charge on any atom is 0.243 e. The first-order valence-corrected chi connectivity index (χ1v) is 10.6. The van der Waals surface area contributed by atoms with Gasteiger partial charge in [0.1, 0.15) is 0 Å². The second-order valence-electron chi connectivity index (χ2n) is 6.14. The van der Waals surface area contributed by atoms with Crippen molar-refractivity contribution in [2.75, 3.05) is 13.1 Å². The summed E-state index contributed by atoms with van der Waals surface area (Å²) in [7, 11) is -3.45. The maximum atomic E-state index is 12.6. The van der Waals surface area contributed by atoms with E-state index in [2.05, 4.69) is 0 Å². The number of allylic oxidation sites excluding steroid dienone is 1. The fourth-order valence-electron chi connectivity index (χ4n) is 2.84. The molecule has 0 saturated carbocycles. The van der Waals surface area contributed by atoms with Crippen LogP contribution in [-0.4, -0.2) is 31.6 Å². The lowest BCUT2D eigenvalue weighted by atomic mass is 10.1. The summed E-state index contributed by atoms with van der Waals surface area (Å²) in [6.45, 7) is 3.17. The third-order valence-electron chi connectivity index (χ3n) is 4.25. The van der Waals surface area contributed by atoms with Crippen LogP contribution in [0.4, 0.5) is 0 Å². The predicted octanol–water partition coefficient (Wildman–Crippen LogP) is 4.13. The van der Waals surface area contributed by atoms with E-state index in [1.807, 2.05) is 19.1 Å². The van der Waals surface area contributed by atoms with Gasteiger partial charge in [0.2, 0.25) is 10.0 Å². The van der Waals surface area contributed by atoms with Gasteiger partial charge in [-0.2, -0.15) is 4.31 Å². The SMILES string of the molecule is Cc1ccc(/C=C/C(=O)c2ccc(S(=O)(=O)N3CCCCC3)cc2)s1. The molecule has 4 nitrogen and oxygen atoms in total. The molecule has 132 valence electrons. The smallest absolute Gasteiger partial charge is 0.243 e. The van der Waals surface area contributed by atoms with Gasteiger partial charge in [-0.05, 0) is 68.3 Å². The Kier molecular flexibility index (Phi) is 5.51. The zero-order valence-electron chi connectivity index (χ0n) is 14.1. The largest absolute Gasteiger partial charge is 0.289 e. The van der Waals surface area contributed by atoms with Crippen LogP contribution in [0.1, 0.15) is 39.4 Å². The number of piperidine rings is 1. The van der Waals surface area contributed by atoms with Crippen LogP contribution in [0.25, 0.3) is 6.08 Å². The van der Waals surface area contributed by atoms with Crippen LogP contribution in [0.5, 0.6) is 0 Å². The number of hydrogen-bond acceptors (Lipinski definition) is 4. The van der Waals surface area contributed by atoms with Gasteiger partial charge in [-0.15, -0.1) is 11.3 Å². The summed E-state index contributed by atoms with van der Waals surface area (Å²) < 4.78 is 26.8. The summed E-state index contributed by atoms with van der Waals surface area (Å²) >= 11 is 1.62. The molecule has 1 fully saturated rings. The number of aryl methyl sites for hydroxylation is 1. The molecule has 0 bridgehead atoms. The summed E-state index contributed by atoms with van der Waals surface area (Å²) in [6, 6.07) is 10.2. The molecule has 0 unspecified atom stereocenters. The summed E-state index contributed by atoms with van der Waals surface area (Å²) in [5.74, 6) is -0.132. The molecule has 0 spiro atoms. The van der Waals surface area contributed by atoms with Crippen LogP contribution in [-0.2, 0) is 10.0 Å². The molecule has 2 aromatic rings. The minimum atomic E-state index is -3.45. The van der Waals surface area contributed by atoms with Gasteiger partial charge in [-0.3, -0.25) is 4.79 Å². The van der Waals surface area contributed by atoms with E-state index in [0.29, 0.717) is 18.7 Å². The van der Waals surface area contributed by atoms with E-state index in [9.17, 15) is 13.2 Å².